The number of carbonyl (C=O) groups excluding carboxylic acids is 1. The highest BCUT2D eigenvalue weighted by Gasteiger charge is 2.42. The van der Waals surface area contributed by atoms with Gasteiger partial charge in [0.15, 0.2) is 5.82 Å². The van der Waals surface area contributed by atoms with Gasteiger partial charge in [-0.25, -0.2) is 18.4 Å². The van der Waals surface area contributed by atoms with Crippen molar-refractivity contribution >= 4 is 36.4 Å². The van der Waals surface area contributed by atoms with Gasteiger partial charge >= 0.3 is 0 Å². The summed E-state index contributed by atoms with van der Waals surface area (Å²) in [6.45, 7) is 3.34. The Kier molecular flexibility index (Phi) is 6.87. The molecule has 1 amide bonds. The maximum absolute atomic E-state index is 13.1. The highest BCUT2D eigenvalue weighted by molar-refractivity contribution is 5.95. The van der Waals surface area contributed by atoms with E-state index < -0.39 is 30.8 Å². The second-order valence-corrected chi connectivity index (χ2v) is 5.73. The number of nitrogens with zero attached hydrogens (tertiary/aromatic N) is 3. The van der Waals surface area contributed by atoms with Gasteiger partial charge in [0.05, 0.1) is 30.2 Å². The van der Waals surface area contributed by atoms with Crippen molar-refractivity contribution in [2.24, 2.45) is 0 Å². The fourth-order valence-corrected chi connectivity index (χ4v) is 2.58. The van der Waals surface area contributed by atoms with E-state index in [-0.39, 0.29) is 24.8 Å². The van der Waals surface area contributed by atoms with Crippen LogP contribution in [0.3, 0.4) is 0 Å². The number of aromatic nitrogens is 3. The van der Waals surface area contributed by atoms with Crippen molar-refractivity contribution in [1.82, 2.24) is 20.1 Å². The molecule has 1 unspecified atom stereocenters. The molecular weight excluding hydrogens is 375 g/mol. The zero-order valence-electron chi connectivity index (χ0n) is 13.6. The highest BCUT2D eigenvalue weighted by Crippen LogP contribution is 2.25. The Bertz CT molecular complexity index is 736. The van der Waals surface area contributed by atoms with E-state index in [9.17, 15) is 13.6 Å². The summed E-state index contributed by atoms with van der Waals surface area (Å²) in [6, 6.07) is 4.43. The molecule has 1 atom stereocenters. The molecule has 1 aliphatic rings. The zero-order chi connectivity index (χ0) is 16.6. The molecule has 0 saturated carbocycles. The third-order valence-corrected chi connectivity index (χ3v) is 3.67. The van der Waals surface area contributed by atoms with Gasteiger partial charge in [-0.3, -0.25) is 10.1 Å². The second-order valence-electron chi connectivity index (χ2n) is 5.73. The largest absolute Gasteiger partial charge is 0.323 e. The smallest absolute Gasteiger partial charge is 0.262 e. The first-order valence-corrected chi connectivity index (χ1v) is 7.26. The van der Waals surface area contributed by atoms with Crippen molar-refractivity contribution in [3.8, 4) is 5.82 Å². The van der Waals surface area contributed by atoms with Crippen molar-refractivity contribution in [3.05, 3.63) is 35.8 Å². The molecule has 2 aromatic rings. The summed E-state index contributed by atoms with van der Waals surface area (Å²) < 4.78 is 27.9. The molecule has 1 fully saturated rings. The Morgan fingerprint density at radius 1 is 1.36 bits per heavy atom. The van der Waals surface area contributed by atoms with E-state index in [2.05, 4.69) is 20.7 Å². The van der Waals surface area contributed by atoms with Crippen molar-refractivity contribution in [2.75, 3.05) is 11.9 Å². The van der Waals surface area contributed by atoms with Gasteiger partial charge in [0, 0.05) is 12.1 Å². The lowest BCUT2D eigenvalue weighted by atomic mass is 10.2. The summed E-state index contributed by atoms with van der Waals surface area (Å²) in [5.74, 6) is -2.69. The molecule has 6 nitrogen and oxygen atoms in total. The number of amides is 1. The van der Waals surface area contributed by atoms with Crippen LogP contribution in [0.5, 0.6) is 0 Å². The molecule has 0 radical (unpaired) electrons. The Hall–Kier alpha value is -1.77. The maximum atomic E-state index is 13.1. The third kappa shape index (κ3) is 4.87. The number of pyridine rings is 1. The van der Waals surface area contributed by atoms with E-state index in [1.807, 2.05) is 19.9 Å². The van der Waals surface area contributed by atoms with E-state index >= 15 is 0 Å². The number of nitrogens with one attached hydrogen (secondary N) is 2. The van der Waals surface area contributed by atoms with Crippen LogP contribution in [0.2, 0.25) is 0 Å². The molecule has 0 aromatic carbocycles. The first-order valence-electron chi connectivity index (χ1n) is 7.26. The van der Waals surface area contributed by atoms with Gasteiger partial charge in [0.2, 0.25) is 5.91 Å². The first kappa shape index (κ1) is 21.3. The number of hydrogen-bond donors (Lipinski definition) is 2. The van der Waals surface area contributed by atoms with E-state index in [1.165, 1.54) is 6.20 Å². The van der Waals surface area contributed by atoms with Crippen LogP contribution in [0.4, 0.5) is 14.5 Å². The Morgan fingerprint density at radius 2 is 2.08 bits per heavy atom. The van der Waals surface area contributed by atoms with Crippen LogP contribution in [0.25, 0.3) is 5.82 Å². The van der Waals surface area contributed by atoms with Crippen LogP contribution in [-0.4, -0.2) is 39.2 Å². The predicted molar refractivity (Wildman–Crippen MR) is 95.3 cm³/mol. The lowest BCUT2D eigenvalue weighted by Crippen LogP contribution is -2.35. The monoisotopic (exact) mass is 393 g/mol. The summed E-state index contributed by atoms with van der Waals surface area (Å²) in [6.07, 6.45) is 0.993. The molecule has 2 N–H and O–H groups in total. The van der Waals surface area contributed by atoms with Gasteiger partial charge in [0.25, 0.3) is 5.92 Å². The second kappa shape index (κ2) is 8.07. The molecule has 1 aliphatic heterocycles. The summed E-state index contributed by atoms with van der Waals surface area (Å²) in [4.78, 5) is 16.2. The average Bonchev–Trinajstić information content (AvgIpc) is 3.01. The molecule has 0 spiro atoms. The highest BCUT2D eigenvalue weighted by atomic mass is 35.5. The Labute approximate surface area is 156 Å². The van der Waals surface area contributed by atoms with Gasteiger partial charge in [-0.15, -0.1) is 24.8 Å². The van der Waals surface area contributed by atoms with Gasteiger partial charge in [0.1, 0.15) is 0 Å². The molecule has 25 heavy (non-hydrogen) atoms. The quantitative estimate of drug-likeness (QED) is 0.840. The molecule has 2 aromatic heterocycles. The van der Waals surface area contributed by atoms with E-state index in [4.69, 9.17) is 0 Å². The van der Waals surface area contributed by atoms with Crippen LogP contribution < -0.4 is 10.6 Å². The Morgan fingerprint density at radius 3 is 2.56 bits per heavy atom. The first-order chi connectivity index (χ1) is 10.8. The maximum Gasteiger partial charge on any atom is 0.262 e. The number of halogens is 4. The fourth-order valence-electron chi connectivity index (χ4n) is 2.58. The number of aryl methyl sites for hydroxylation is 2. The zero-order valence-corrected chi connectivity index (χ0v) is 15.3. The number of carbonyl (C=O) groups is 1. The number of rotatable bonds is 3. The minimum absolute atomic E-state index is 0. The molecule has 0 aliphatic carbocycles. The molecule has 1 saturated heterocycles. The van der Waals surface area contributed by atoms with Crippen LogP contribution in [0.15, 0.2) is 24.4 Å². The molecule has 138 valence electrons. The topological polar surface area (TPSA) is 71.8 Å². The minimum Gasteiger partial charge on any atom is -0.323 e. The molecular formula is C15H19Cl2F2N5O. The molecule has 3 rings (SSSR count). The fraction of sp³-hybridized carbons (Fsp3) is 0.400. The van der Waals surface area contributed by atoms with Crippen LogP contribution in [0, 0.1) is 13.8 Å². The Balaban J connectivity index is 0.00000156. The van der Waals surface area contributed by atoms with E-state index in [1.54, 1.807) is 16.8 Å². The summed E-state index contributed by atoms with van der Waals surface area (Å²) in [7, 11) is 0. The van der Waals surface area contributed by atoms with E-state index in [0.29, 0.717) is 11.5 Å². The molecule has 10 heteroatoms. The predicted octanol–water partition coefficient (Wildman–Crippen LogP) is 2.66. The molecule has 0 bridgehead atoms. The summed E-state index contributed by atoms with van der Waals surface area (Å²) in [5.41, 5.74) is 2.29. The van der Waals surface area contributed by atoms with Gasteiger partial charge < -0.3 is 5.32 Å². The standard InChI is InChI=1S/C15H17F2N5O.2ClH/c1-9-5-10(2)22(21-9)13-4-3-11(7-18-13)20-14(23)12-6-15(16,17)8-19-12;;/h3-5,7,12,19H,6,8H2,1-2H3,(H,20,23);2*1H. The summed E-state index contributed by atoms with van der Waals surface area (Å²) in [5, 5.41) is 9.43. The number of anilines is 1. The van der Waals surface area contributed by atoms with Crippen LogP contribution in [0.1, 0.15) is 17.8 Å². The van der Waals surface area contributed by atoms with Crippen LogP contribution >= 0.6 is 24.8 Å². The van der Waals surface area contributed by atoms with Gasteiger partial charge in [-0.1, -0.05) is 0 Å². The van der Waals surface area contributed by atoms with Crippen LogP contribution in [-0.2, 0) is 4.79 Å². The normalized spacial score (nSPS) is 18.2. The summed E-state index contributed by atoms with van der Waals surface area (Å²) >= 11 is 0. The van der Waals surface area contributed by atoms with Crippen molar-refractivity contribution in [3.63, 3.8) is 0 Å². The number of hydrogen-bond acceptors (Lipinski definition) is 4. The van der Waals surface area contributed by atoms with Gasteiger partial charge in [-0.05, 0) is 32.0 Å². The third-order valence-electron chi connectivity index (χ3n) is 3.67. The van der Waals surface area contributed by atoms with E-state index in [0.717, 1.165) is 11.4 Å². The van der Waals surface area contributed by atoms with Gasteiger partial charge in [-0.2, -0.15) is 5.10 Å². The lowest BCUT2D eigenvalue weighted by Gasteiger charge is -2.11. The van der Waals surface area contributed by atoms with Crippen molar-refractivity contribution in [1.29, 1.82) is 0 Å². The SMILES string of the molecule is Cc1cc(C)n(-c2ccc(NC(=O)C3CC(F)(F)CN3)cn2)n1.Cl.Cl. The average molecular weight is 394 g/mol. The minimum atomic E-state index is -2.83. The number of alkyl halides is 2. The molecule has 3 heterocycles. The lowest BCUT2D eigenvalue weighted by molar-refractivity contribution is -0.118. The van der Waals surface area contributed by atoms with Crippen molar-refractivity contribution < 1.29 is 13.6 Å². The van der Waals surface area contributed by atoms with Crippen molar-refractivity contribution in [2.45, 2.75) is 32.2 Å².